The van der Waals surface area contributed by atoms with Crippen molar-refractivity contribution in [1.29, 1.82) is 5.26 Å². The topological polar surface area (TPSA) is 86.4 Å². The molecule has 1 aromatic carbocycles. The molecule has 0 spiro atoms. The molecule has 100 valence electrons. The summed E-state index contributed by atoms with van der Waals surface area (Å²) < 4.78 is 18.9. The highest BCUT2D eigenvalue weighted by Crippen LogP contribution is 2.14. The van der Waals surface area contributed by atoms with Gasteiger partial charge in [-0.15, -0.1) is 0 Å². The Kier molecular flexibility index (Phi) is 4.30. The normalized spacial score (nSPS) is 9.90. The zero-order valence-electron chi connectivity index (χ0n) is 10.3. The minimum atomic E-state index is -1.65. The molecule has 0 unspecified atom stereocenters. The Hall–Kier alpha value is -2.43. The molecule has 0 atom stereocenters. The summed E-state index contributed by atoms with van der Waals surface area (Å²) in [6, 6.07) is 7.28. The highest BCUT2D eigenvalue weighted by Gasteiger charge is 2.12. The highest BCUT2D eigenvalue weighted by molar-refractivity contribution is 6.58. The van der Waals surface area contributed by atoms with Crippen LogP contribution in [-0.4, -0.2) is 22.2 Å². The number of hydrogen-bond donors (Lipinski definition) is 2. The van der Waals surface area contributed by atoms with Crippen LogP contribution in [0.4, 0.5) is 4.39 Å². The summed E-state index contributed by atoms with van der Waals surface area (Å²) in [6.45, 7) is -0.0893. The number of pyridine rings is 1. The molecule has 0 radical (unpaired) electrons. The van der Waals surface area contributed by atoms with Crippen LogP contribution in [0.25, 0.3) is 0 Å². The van der Waals surface area contributed by atoms with E-state index in [4.69, 9.17) is 20.0 Å². The standard InChI is InChI=1S/C13H10BFN2O3/c15-13-2-1-9(5-16)3-10(13)8-20-12-4-11(14(18)19)6-17-7-12/h1-4,6-7,18-19H,8H2. The maximum Gasteiger partial charge on any atom is 0.490 e. The number of aromatic nitrogens is 1. The quantitative estimate of drug-likeness (QED) is 0.784. The first-order valence-corrected chi connectivity index (χ1v) is 5.72. The molecular weight excluding hydrogens is 262 g/mol. The minimum absolute atomic E-state index is 0.0893. The van der Waals surface area contributed by atoms with Crippen molar-refractivity contribution in [3.63, 3.8) is 0 Å². The number of rotatable bonds is 4. The molecule has 1 heterocycles. The molecular formula is C13H10BFN2O3. The van der Waals surface area contributed by atoms with Crippen molar-refractivity contribution in [3.8, 4) is 11.8 Å². The molecule has 2 N–H and O–H groups in total. The van der Waals surface area contributed by atoms with Crippen LogP contribution in [0.3, 0.4) is 0 Å². The Bertz CT molecular complexity index is 658. The maximum absolute atomic E-state index is 13.5. The molecule has 0 saturated carbocycles. The second kappa shape index (κ2) is 6.15. The molecule has 0 aliphatic rings. The van der Waals surface area contributed by atoms with Crippen LogP contribution in [0.2, 0.25) is 0 Å². The van der Waals surface area contributed by atoms with Gasteiger partial charge in [0.1, 0.15) is 18.2 Å². The first kappa shape index (κ1) is 14.0. The molecule has 1 aromatic heterocycles. The van der Waals surface area contributed by atoms with Crippen LogP contribution in [-0.2, 0) is 6.61 Å². The van der Waals surface area contributed by atoms with Crippen LogP contribution < -0.4 is 10.2 Å². The van der Waals surface area contributed by atoms with Gasteiger partial charge >= 0.3 is 7.12 Å². The molecule has 0 aliphatic heterocycles. The number of halogens is 1. The molecule has 20 heavy (non-hydrogen) atoms. The molecule has 0 bridgehead atoms. The van der Waals surface area contributed by atoms with E-state index in [1.54, 1.807) is 0 Å². The van der Waals surface area contributed by atoms with Gasteiger partial charge in [0.15, 0.2) is 0 Å². The van der Waals surface area contributed by atoms with Gasteiger partial charge in [-0.2, -0.15) is 5.26 Å². The summed E-state index contributed by atoms with van der Waals surface area (Å²) in [4.78, 5) is 3.78. The van der Waals surface area contributed by atoms with Crippen molar-refractivity contribution < 1.29 is 19.2 Å². The molecule has 0 amide bonds. The van der Waals surface area contributed by atoms with Crippen LogP contribution in [0.15, 0.2) is 36.7 Å². The minimum Gasteiger partial charge on any atom is -0.487 e. The Labute approximate surface area is 115 Å². The summed E-state index contributed by atoms with van der Waals surface area (Å²) >= 11 is 0. The van der Waals surface area contributed by atoms with Gasteiger partial charge < -0.3 is 14.8 Å². The van der Waals surface area contributed by atoms with Crippen molar-refractivity contribution in [2.24, 2.45) is 0 Å². The van der Waals surface area contributed by atoms with Gasteiger partial charge in [0.05, 0.1) is 17.8 Å². The van der Waals surface area contributed by atoms with Gasteiger partial charge in [-0.05, 0) is 24.3 Å². The Morgan fingerprint density at radius 2 is 2.10 bits per heavy atom. The van der Waals surface area contributed by atoms with Crippen LogP contribution in [0, 0.1) is 17.1 Å². The predicted molar refractivity (Wildman–Crippen MR) is 69.5 cm³/mol. The third kappa shape index (κ3) is 3.32. The number of ether oxygens (including phenoxy) is 1. The fourth-order valence-corrected chi connectivity index (χ4v) is 1.57. The third-order valence-electron chi connectivity index (χ3n) is 2.60. The van der Waals surface area contributed by atoms with Gasteiger partial charge in [-0.1, -0.05) is 0 Å². The summed E-state index contributed by atoms with van der Waals surface area (Å²) in [5.41, 5.74) is 0.746. The van der Waals surface area contributed by atoms with Crippen molar-refractivity contribution in [1.82, 2.24) is 4.98 Å². The van der Waals surface area contributed by atoms with E-state index in [2.05, 4.69) is 4.98 Å². The van der Waals surface area contributed by atoms with Crippen LogP contribution in [0.5, 0.6) is 5.75 Å². The summed E-state index contributed by atoms with van der Waals surface area (Å²) in [5, 5.41) is 26.8. The fraction of sp³-hybridized carbons (Fsp3) is 0.0769. The zero-order valence-corrected chi connectivity index (χ0v) is 10.3. The molecule has 0 saturated heterocycles. The van der Waals surface area contributed by atoms with E-state index in [-0.39, 0.29) is 23.4 Å². The first-order valence-electron chi connectivity index (χ1n) is 5.72. The molecule has 2 rings (SSSR count). The summed E-state index contributed by atoms with van der Waals surface area (Å²) in [7, 11) is -1.65. The van der Waals surface area contributed by atoms with Gasteiger partial charge in [-0.3, -0.25) is 4.98 Å². The average Bonchev–Trinajstić information content (AvgIpc) is 2.46. The second-order valence-corrected chi connectivity index (χ2v) is 4.03. The van der Waals surface area contributed by atoms with E-state index >= 15 is 0 Å². The summed E-state index contributed by atoms with van der Waals surface area (Å²) in [5.74, 6) is -0.201. The molecule has 0 fully saturated rings. The van der Waals surface area contributed by atoms with Gasteiger partial charge in [0.25, 0.3) is 0 Å². The molecule has 0 aliphatic carbocycles. The van der Waals surface area contributed by atoms with Gasteiger partial charge in [-0.25, -0.2) is 4.39 Å². The van der Waals surface area contributed by atoms with E-state index in [0.29, 0.717) is 5.56 Å². The zero-order chi connectivity index (χ0) is 14.5. The third-order valence-corrected chi connectivity index (χ3v) is 2.60. The van der Waals surface area contributed by atoms with Gasteiger partial charge in [0.2, 0.25) is 0 Å². The molecule has 7 heteroatoms. The molecule has 5 nitrogen and oxygen atoms in total. The number of hydrogen-bond acceptors (Lipinski definition) is 5. The van der Waals surface area contributed by atoms with Crippen LogP contribution >= 0.6 is 0 Å². The molecule has 2 aromatic rings. The van der Waals surface area contributed by atoms with Gasteiger partial charge in [0, 0.05) is 17.2 Å². The summed E-state index contributed by atoms with van der Waals surface area (Å²) in [6.07, 6.45) is 2.66. The van der Waals surface area contributed by atoms with E-state index in [1.165, 1.54) is 36.7 Å². The van der Waals surface area contributed by atoms with Crippen LogP contribution in [0.1, 0.15) is 11.1 Å². The SMILES string of the molecule is N#Cc1ccc(F)c(COc2cncc(B(O)O)c2)c1. The Morgan fingerprint density at radius 3 is 2.80 bits per heavy atom. The smallest absolute Gasteiger partial charge is 0.487 e. The lowest BCUT2D eigenvalue weighted by Gasteiger charge is -2.08. The van der Waals surface area contributed by atoms with Crippen molar-refractivity contribution in [2.75, 3.05) is 0 Å². The number of benzene rings is 1. The van der Waals surface area contributed by atoms with E-state index in [1.807, 2.05) is 6.07 Å². The van der Waals surface area contributed by atoms with Crippen molar-refractivity contribution >= 4 is 12.6 Å². The monoisotopic (exact) mass is 272 g/mol. The Balaban J connectivity index is 2.13. The lowest BCUT2D eigenvalue weighted by Crippen LogP contribution is -2.30. The highest BCUT2D eigenvalue weighted by atomic mass is 19.1. The fourth-order valence-electron chi connectivity index (χ4n) is 1.57. The van der Waals surface area contributed by atoms with E-state index in [0.717, 1.165) is 0 Å². The second-order valence-electron chi connectivity index (χ2n) is 4.03. The number of nitriles is 1. The lowest BCUT2D eigenvalue weighted by molar-refractivity contribution is 0.298. The Morgan fingerprint density at radius 1 is 1.30 bits per heavy atom. The maximum atomic E-state index is 13.5. The van der Waals surface area contributed by atoms with E-state index < -0.39 is 12.9 Å². The largest absolute Gasteiger partial charge is 0.490 e. The predicted octanol–water partition coefficient (Wildman–Crippen LogP) is 0.351. The van der Waals surface area contributed by atoms with Crippen molar-refractivity contribution in [2.45, 2.75) is 6.61 Å². The first-order chi connectivity index (χ1) is 9.60. The van der Waals surface area contributed by atoms with E-state index in [9.17, 15) is 4.39 Å². The average molecular weight is 272 g/mol. The lowest BCUT2D eigenvalue weighted by atomic mass is 9.82. The number of nitrogens with zero attached hydrogens (tertiary/aromatic N) is 2. The van der Waals surface area contributed by atoms with Crippen molar-refractivity contribution in [3.05, 3.63) is 53.6 Å².